The van der Waals surface area contributed by atoms with Gasteiger partial charge in [-0.3, -0.25) is 19.6 Å². The van der Waals surface area contributed by atoms with Crippen LogP contribution in [-0.4, -0.2) is 59.5 Å². The van der Waals surface area contributed by atoms with Crippen LogP contribution in [0.1, 0.15) is 44.1 Å². The molecule has 142 valence electrons. The van der Waals surface area contributed by atoms with Gasteiger partial charge in [-0.1, -0.05) is 0 Å². The normalized spacial score (nSPS) is 25.9. The molecule has 0 radical (unpaired) electrons. The smallest absolute Gasteiger partial charge is 0.224 e. The highest BCUT2D eigenvalue weighted by atomic mass is 16.1. The summed E-state index contributed by atoms with van der Waals surface area (Å²) in [5.41, 5.74) is 1.35. The van der Waals surface area contributed by atoms with Crippen LogP contribution >= 0.6 is 0 Å². The molecule has 5 heteroatoms. The maximum atomic E-state index is 12.5. The van der Waals surface area contributed by atoms with Gasteiger partial charge >= 0.3 is 0 Å². The molecule has 0 unspecified atom stereocenters. The third kappa shape index (κ3) is 4.83. The van der Waals surface area contributed by atoms with E-state index in [0.29, 0.717) is 11.9 Å². The van der Waals surface area contributed by atoms with Gasteiger partial charge in [-0.2, -0.15) is 0 Å². The van der Waals surface area contributed by atoms with E-state index in [1.165, 1.54) is 44.2 Å². The molecule has 2 aliphatic heterocycles. The summed E-state index contributed by atoms with van der Waals surface area (Å²) in [6.45, 7) is 6.38. The fourth-order valence-electron chi connectivity index (χ4n) is 4.45. The van der Waals surface area contributed by atoms with Gasteiger partial charge in [0.15, 0.2) is 0 Å². The molecule has 1 saturated carbocycles. The molecule has 1 aliphatic carbocycles. The number of carbonyl (C=O) groups excluding carboxylic acids is 1. The molecule has 1 N–H and O–H groups in total. The van der Waals surface area contributed by atoms with Crippen LogP contribution in [0.15, 0.2) is 24.5 Å². The van der Waals surface area contributed by atoms with Crippen LogP contribution in [0.2, 0.25) is 0 Å². The zero-order valence-electron chi connectivity index (χ0n) is 15.8. The molecule has 5 nitrogen and oxygen atoms in total. The summed E-state index contributed by atoms with van der Waals surface area (Å²) in [7, 11) is 0. The van der Waals surface area contributed by atoms with E-state index in [2.05, 4.69) is 32.2 Å². The summed E-state index contributed by atoms with van der Waals surface area (Å²) in [6.07, 6.45) is 11.0. The zero-order valence-corrected chi connectivity index (χ0v) is 15.8. The Hall–Kier alpha value is -1.46. The van der Waals surface area contributed by atoms with Crippen molar-refractivity contribution in [3.63, 3.8) is 0 Å². The van der Waals surface area contributed by atoms with E-state index in [-0.39, 0.29) is 5.92 Å². The maximum Gasteiger partial charge on any atom is 0.224 e. The average Bonchev–Trinajstić information content (AvgIpc) is 3.52. The van der Waals surface area contributed by atoms with Gasteiger partial charge in [-0.15, -0.1) is 0 Å². The molecule has 3 heterocycles. The Balaban J connectivity index is 1.22. The lowest BCUT2D eigenvalue weighted by Crippen LogP contribution is -2.50. The zero-order chi connectivity index (χ0) is 17.8. The number of aromatic nitrogens is 1. The molecular formula is C21H32N4O. The van der Waals surface area contributed by atoms with Gasteiger partial charge in [0.1, 0.15) is 0 Å². The first-order chi connectivity index (χ1) is 12.8. The van der Waals surface area contributed by atoms with Crippen LogP contribution in [0.3, 0.4) is 0 Å². The van der Waals surface area contributed by atoms with Gasteiger partial charge in [0.25, 0.3) is 0 Å². The van der Waals surface area contributed by atoms with Crippen molar-refractivity contribution >= 4 is 5.91 Å². The molecule has 3 fully saturated rings. The third-order valence-electron chi connectivity index (χ3n) is 6.31. The Morgan fingerprint density at radius 3 is 2.58 bits per heavy atom. The summed E-state index contributed by atoms with van der Waals surface area (Å²) in [5.74, 6) is 1.28. The monoisotopic (exact) mass is 356 g/mol. The Morgan fingerprint density at radius 2 is 1.85 bits per heavy atom. The number of piperidine rings is 2. The molecule has 0 bridgehead atoms. The summed E-state index contributed by atoms with van der Waals surface area (Å²) in [5, 5.41) is 3.19. The lowest BCUT2D eigenvalue weighted by molar-refractivity contribution is -0.127. The predicted molar refractivity (Wildman–Crippen MR) is 103 cm³/mol. The van der Waals surface area contributed by atoms with Gasteiger partial charge in [0.2, 0.25) is 5.91 Å². The van der Waals surface area contributed by atoms with Crippen LogP contribution in [0.4, 0.5) is 0 Å². The molecule has 4 rings (SSSR count). The lowest BCUT2D eigenvalue weighted by Gasteiger charge is -2.42. The number of nitrogens with one attached hydrogen (secondary N) is 1. The van der Waals surface area contributed by atoms with Crippen LogP contribution in [0.25, 0.3) is 0 Å². The van der Waals surface area contributed by atoms with Crippen molar-refractivity contribution in [1.29, 1.82) is 0 Å². The first-order valence-corrected chi connectivity index (χ1v) is 10.4. The van der Waals surface area contributed by atoms with E-state index in [9.17, 15) is 4.79 Å². The van der Waals surface area contributed by atoms with Crippen LogP contribution < -0.4 is 5.32 Å². The summed E-state index contributed by atoms with van der Waals surface area (Å²) >= 11 is 0. The summed E-state index contributed by atoms with van der Waals surface area (Å²) < 4.78 is 0. The summed E-state index contributed by atoms with van der Waals surface area (Å²) in [4.78, 5) is 21.7. The SMILES string of the molecule is O=C(NCC1CC1)[C@@H]1CCCN(C2CCN(Cc3ccncc3)CC2)C1. The van der Waals surface area contributed by atoms with E-state index in [4.69, 9.17) is 0 Å². The number of amides is 1. The van der Waals surface area contributed by atoms with Crippen molar-refractivity contribution < 1.29 is 4.79 Å². The fraction of sp³-hybridized carbons (Fsp3) is 0.714. The highest BCUT2D eigenvalue weighted by Crippen LogP contribution is 2.28. The van der Waals surface area contributed by atoms with E-state index >= 15 is 0 Å². The number of hydrogen-bond acceptors (Lipinski definition) is 4. The maximum absolute atomic E-state index is 12.5. The van der Waals surface area contributed by atoms with Crippen LogP contribution in [0.5, 0.6) is 0 Å². The van der Waals surface area contributed by atoms with E-state index in [1.807, 2.05) is 12.4 Å². The molecule has 1 atom stereocenters. The van der Waals surface area contributed by atoms with Gasteiger partial charge in [0.05, 0.1) is 5.92 Å². The molecule has 0 spiro atoms. The molecule has 3 aliphatic rings. The molecular weight excluding hydrogens is 324 g/mol. The lowest BCUT2D eigenvalue weighted by atomic mass is 9.93. The predicted octanol–water partition coefficient (Wildman–Crippen LogP) is 2.28. The first-order valence-electron chi connectivity index (χ1n) is 10.4. The summed E-state index contributed by atoms with van der Waals surface area (Å²) in [6, 6.07) is 4.88. The number of rotatable bonds is 6. The Labute approximate surface area is 157 Å². The van der Waals surface area contributed by atoms with Gasteiger partial charge in [-0.05, 0) is 81.8 Å². The van der Waals surface area contributed by atoms with Crippen molar-refractivity contribution in [3.8, 4) is 0 Å². The Morgan fingerprint density at radius 1 is 1.08 bits per heavy atom. The highest BCUT2D eigenvalue weighted by Gasteiger charge is 2.32. The number of nitrogens with zero attached hydrogens (tertiary/aromatic N) is 3. The molecule has 1 amide bonds. The van der Waals surface area contributed by atoms with Crippen molar-refractivity contribution in [2.24, 2.45) is 11.8 Å². The van der Waals surface area contributed by atoms with Crippen molar-refractivity contribution in [2.75, 3.05) is 32.7 Å². The second-order valence-electron chi connectivity index (χ2n) is 8.39. The molecule has 2 saturated heterocycles. The van der Waals surface area contributed by atoms with Crippen molar-refractivity contribution in [3.05, 3.63) is 30.1 Å². The number of likely N-dealkylation sites (tertiary alicyclic amines) is 2. The van der Waals surface area contributed by atoms with E-state index in [0.717, 1.165) is 45.1 Å². The Bertz CT molecular complexity index is 581. The fourth-order valence-corrected chi connectivity index (χ4v) is 4.45. The minimum Gasteiger partial charge on any atom is -0.356 e. The second kappa shape index (κ2) is 8.49. The van der Waals surface area contributed by atoms with Gasteiger partial charge in [0, 0.05) is 38.1 Å². The average molecular weight is 357 g/mol. The minimum absolute atomic E-state index is 0.206. The Kier molecular flexibility index (Phi) is 5.85. The topological polar surface area (TPSA) is 48.5 Å². The molecule has 1 aromatic rings. The van der Waals surface area contributed by atoms with Gasteiger partial charge < -0.3 is 5.32 Å². The standard InChI is InChI=1S/C21H32N4O/c26-21(23-14-17-3-4-17)19-2-1-11-25(16-19)20-7-12-24(13-8-20)15-18-5-9-22-10-6-18/h5-6,9-10,17,19-20H,1-4,7-8,11-16H2,(H,23,26)/t19-/m1/s1. The van der Waals surface area contributed by atoms with Crippen molar-refractivity contribution in [2.45, 2.75) is 51.1 Å². The minimum atomic E-state index is 0.206. The molecule has 26 heavy (non-hydrogen) atoms. The van der Waals surface area contributed by atoms with E-state index < -0.39 is 0 Å². The molecule has 1 aromatic heterocycles. The first kappa shape index (κ1) is 17.9. The number of carbonyl (C=O) groups is 1. The van der Waals surface area contributed by atoms with E-state index in [1.54, 1.807) is 0 Å². The quantitative estimate of drug-likeness (QED) is 0.850. The highest BCUT2D eigenvalue weighted by molar-refractivity contribution is 5.79. The van der Waals surface area contributed by atoms with Crippen LogP contribution in [-0.2, 0) is 11.3 Å². The number of pyridine rings is 1. The number of hydrogen-bond donors (Lipinski definition) is 1. The second-order valence-corrected chi connectivity index (χ2v) is 8.39. The molecule has 0 aromatic carbocycles. The van der Waals surface area contributed by atoms with Crippen molar-refractivity contribution in [1.82, 2.24) is 20.1 Å². The largest absolute Gasteiger partial charge is 0.356 e. The van der Waals surface area contributed by atoms with Gasteiger partial charge in [-0.25, -0.2) is 0 Å². The van der Waals surface area contributed by atoms with Crippen LogP contribution in [0, 0.1) is 11.8 Å². The third-order valence-corrected chi connectivity index (χ3v) is 6.31.